The summed E-state index contributed by atoms with van der Waals surface area (Å²) < 4.78 is 0. The van der Waals surface area contributed by atoms with Crippen molar-refractivity contribution in [3.05, 3.63) is 12.2 Å². The van der Waals surface area contributed by atoms with Gasteiger partial charge in [-0.1, -0.05) is 6.58 Å². The minimum atomic E-state index is -0.989. The highest BCUT2D eigenvalue weighted by atomic mass is 16.4. The van der Waals surface area contributed by atoms with Crippen LogP contribution in [0.3, 0.4) is 0 Å². The van der Waals surface area contributed by atoms with E-state index in [0.29, 0.717) is 13.1 Å². The molecule has 0 aliphatic rings. The van der Waals surface area contributed by atoms with Gasteiger partial charge < -0.3 is 10.0 Å². The molecular weight excluding hydrogens is 168 g/mol. The van der Waals surface area contributed by atoms with Crippen LogP contribution in [0.15, 0.2) is 12.2 Å². The van der Waals surface area contributed by atoms with Crippen LogP contribution >= 0.6 is 0 Å². The largest absolute Gasteiger partial charge is 0.478 e. The lowest BCUT2D eigenvalue weighted by Gasteiger charge is -2.17. The van der Waals surface area contributed by atoms with Crippen molar-refractivity contribution in [1.29, 1.82) is 5.26 Å². The van der Waals surface area contributed by atoms with Gasteiger partial charge in [-0.3, -0.25) is 0 Å². The lowest BCUT2D eigenvalue weighted by molar-refractivity contribution is -0.132. The van der Waals surface area contributed by atoms with Gasteiger partial charge in [0.2, 0.25) is 0 Å². The summed E-state index contributed by atoms with van der Waals surface area (Å²) in [5, 5.41) is 17.0. The van der Waals surface area contributed by atoms with Crippen molar-refractivity contribution in [2.75, 3.05) is 20.1 Å². The normalized spacial score (nSPS) is 12.2. The van der Waals surface area contributed by atoms with E-state index in [4.69, 9.17) is 10.4 Å². The predicted octanol–water partition coefficient (Wildman–Crippen LogP) is 0.719. The van der Waals surface area contributed by atoms with Gasteiger partial charge in [0.15, 0.2) is 0 Å². The number of carboxylic acid groups (broad SMARTS) is 1. The maximum atomic E-state index is 10.4. The van der Waals surface area contributed by atoms with Gasteiger partial charge >= 0.3 is 5.97 Å². The topological polar surface area (TPSA) is 64.3 Å². The van der Waals surface area contributed by atoms with E-state index in [-0.39, 0.29) is 11.5 Å². The molecule has 4 nitrogen and oxygen atoms in total. The molecule has 13 heavy (non-hydrogen) atoms. The van der Waals surface area contributed by atoms with Crippen molar-refractivity contribution in [2.45, 2.75) is 6.92 Å². The fourth-order valence-corrected chi connectivity index (χ4v) is 0.966. The number of likely N-dealkylation sites (N-methyl/N-ethyl adjacent to an activating group) is 1. The van der Waals surface area contributed by atoms with E-state index in [1.165, 1.54) is 0 Å². The smallest absolute Gasteiger partial charge is 0.332 e. The number of hydrogen-bond donors (Lipinski definition) is 1. The third-order valence-electron chi connectivity index (χ3n) is 1.57. The third-order valence-corrected chi connectivity index (χ3v) is 1.57. The fraction of sp³-hybridized carbons (Fsp3) is 0.556. The Hall–Kier alpha value is -1.34. The Balaban J connectivity index is 3.89. The van der Waals surface area contributed by atoms with Gasteiger partial charge in [0.1, 0.15) is 0 Å². The first-order valence-electron chi connectivity index (χ1n) is 3.96. The predicted molar refractivity (Wildman–Crippen MR) is 49.0 cm³/mol. The molecule has 0 saturated heterocycles. The molecule has 0 rings (SSSR count). The van der Waals surface area contributed by atoms with Gasteiger partial charge in [-0.2, -0.15) is 5.26 Å². The Morgan fingerprint density at radius 2 is 2.31 bits per heavy atom. The van der Waals surface area contributed by atoms with E-state index in [2.05, 4.69) is 12.6 Å². The molecule has 4 heteroatoms. The van der Waals surface area contributed by atoms with E-state index in [9.17, 15) is 4.79 Å². The highest BCUT2D eigenvalue weighted by molar-refractivity contribution is 5.86. The summed E-state index contributed by atoms with van der Waals surface area (Å²) in [7, 11) is 1.77. The molecule has 0 radical (unpaired) electrons. The lowest BCUT2D eigenvalue weighted by Crippen LogP contribution is -2.27. The first-order chi connectivity index (χ1) is 5.97. The molecule has 0 bridgehead atoms. The van der Waals surface area contributed by atoms with Crippen molar-refractivity contribution < 1.29 is 9.90 Å². The van der Waals surface area contributed by atoms with Gasteiger partial charge in [0.05, 0.1) is 12.0 Å². The Kier molecular flexibility index (Phi) is 4.78. The van der Waals surface area contributed by atoms with Crippen LogP contribution in [0.25, 0.3) is 0 Å². The van der Waals surface area contributed by atoms with Gasteiger partial charge in [-0.15, -0.1) is 0 Å². The van der Waals surface area contributed by atoms with Crippen LogP contribution in [0.4, 0.5) is 0 Å². The first kappa shape index (κ1) is 11.7. The van der Waals surface area contributed by atoms with Crippen LogP contribution in [0.5, 0.6) is 0 Å². The summed E-state index contributed by atoms with van der Waals surface area (Å²) in [5.41, 5.74) is 0.146. The maximum Gasteiger partial charge on any atom is 0.332 e. The van der Waals surface area contributed by atoms with Crippen LogP contribution in [0.1, 0.15) is 6.92 Å². The molecule has 1 atom stereocenters. The van der Waals surface area contributed by atoms with E-state index in [0.717, 1.165) is 0 Å². The molecule has 0 amide bonds. The summed E-state index contributed by atoms with van der Waals surface area (Å²) in [6.45, 7) is 6.05. The van der Waals surface area contributed by atoms with E-state index >= 15 is 0 Å². The maximum absolute atomic E-state index is 10.4. The molecular formula is C9H14N2O2. The Morgan fingerprint density at radius 1 is 1.77 bits per heavy atom. The summed E-state index contributed by atoms with van der Waals surface area (Å²) >= 11 is 0. The summed E-state index contributed by atoms with van der Waals surface area (Å²) in [6.07, 6.45) is 0. The molecule has 0 heterocycles. The van der Waals surface area contributed by atoms with E-state index in [1.807, 2.05) is 0 Å². The third kappa shape index (κ3) is 4.99. The van der Waals surface area contributed by atoms with Crippen LogP contribution in [-0.4, -0.2) is 36.1 Å². The molecule has 0 aliphatic heterocycles. The van der Waals surface area contributed by atoms with E-state index in [1.54, 1.807) is 18.9 Å². The minimum absolute atomic E-state index is 0.0911. The summed E-state index contributed by atoms with van der Waals surface area (Å²) in [4.78, 5) is 12.2. The number of aliphatic carboxylic acids is 1. The van der Waals surface area contributed by atoms with Gasteiger partial charge in [0, 0.05) is 18.7 Å². The van der Waals surface area contributed by atoms with Gasteiger partial charge in [0.25, 0.3) is 0 Å². The molecule has 0 spiro atoms. The minimum Gasteiger partial charge on any atom is -0.478 e. The monoisotopic (exact) mass is 182 g/mol. The van der Waals surface area contributed by atoms with Crippen molar-refractivity contribution in [3.8, 4) is 6.07 Å². The second-order valence-corrected chi connectivity index (χ2v) is 3.14. The Bertz CT molecular complexity index is 242. The Labute approximate surface area is 78.1 Å². The highest BCUT2D eigenvalue weighted by Gasteiger charge is 2.09. The van der Waals surface area contributed by atoms with Crippen LogP contribution in [0.2, 0.25) is 0 Å². The van der Waals surface area contributed by atoms with Crippen molar-refractivity contribution >= 4 is 5.97 Å². The van der Waals surface area contributed by atoms with Gasteiger partial charge in [-0.25, -0.2) is 4.79 Å². The fourth-order valence-electron chi connectivity index (χ4n) is 0.966. The molecule has 72 valence electrons. The second-order valence-electron chi connectivity index (χ2n) is 3.14. The molecule has 0 fully saturated rings. The van der Waals surface area contributed by atoms with Crippen molar-refractivity contribution in [2.24, 2.45) is 5.92 Å². The standard InChI is InChI=1S/C9H14N2O2/c1-7(4-10)5-11(3)6-8(2)9(12)13/h7H,2,5-6H2,1,3H3,(H,12,13). The number of rotatable bonds is 5. The average Bonchev–Trinajstić information content (AvgIpc) is 2.03. The summed E-state index contributed by atoms with van der Waals surface area (Å²) in [5.74, 6) is -1.08. The summed E-state index contributed by atoms with van der Waals surface area (Å²) in [6, 6.07) is 2.08. The average molecular weight is 182 g/mol. The van der Waals surface area contributed by atoms with Crippen LogP contribution in [-0.2, 0) is 4.79 Å². The lowest BCUT2D eigenvalue weighted by atomic mass is 10.2. The van der Waals surface area contributed by atoms with E-state index < -0.39 is 5.97 Å². The second kappa shape index (κ2) is 5.33. The number of carbonyl (C=O) groups is 1. The molecule has 0 aromatic carbocycles. The Morgan fingerprint density at radius 3 is 2.69 bits per heavy atom. The first-order valence-corrected chi connectivity index (χ1v) is 3.96. The molecule has 0 saturated carbocycles. The molecule has 0 aromatic heterocycles. The zero-order valence-corrected chi connectivity index (χ0v) is 7.95. The van der Waals surface area contributed by atoms with Crippen LogP contribution in [0, 0.1) is 17.2 Å². The molecule has 0 aliphatic carbocycles. The molecule has 1 unspecified atom stereocenters. The SMILES string of the molecule is C=C(CN(C)CC(C)C#N)C(=O)O. The van der Waals surface area contributed by atoms with Gasteiger partial charge in [-0.05, 0) is 14.0 Å². The zero-order chi connectivity index (χ0) is 10.4. The number of nitriles is 1. The van der Waals surface area contributed by atoms with Crippen molar-refractivity contribution in [3.63, 3.8) is 0 Å². The molecule has 1 N–H and O–H groups in total. The number of hydrogen-bond acceptors (Lipinski definition) is 3. The number of nitrogens with zero attached hydrogens (tertiary/aromatic N) is 2. The molecule has 0 aromatic rings. The van der Waals surface area contributed by atoms with Crippen molar-refractivity contribution in [1.82, 2.24) is 4.90 Å². The highest BCUT2D eigenvalue weighted by Crippen LogP contribution is 1.99. The quantitative estimate of drug-likeness (QED) is 0.636. The van der Waals surface area contributed by atoms with Crippen LogP contribution < -0.4 is 0 Å². The number of carboxylic acids is 1. The zero-order valence-electron chi connectivity index (χ0n) is 7.95.